The van der Waals surface area contributed by atoms with Crippen LogP contribution in [0.1, 0.15) is 21.0 Å². The van der Waals surface area contributed by atoms with Gasteiger partial charge in [0.15, 0.2) is 0 Å². The minimum atomic E-state index is 0.587. The van der Waals surface area contributed by atoms with Gasteiger partial charge in [-0.2, -0.15) is 4.98 Å². The fraction of sp³-hybridized carbons (Fsp3) is 0.385. The summed E-state index contributed by atoms with van der Waals surface area (Å²) in [5, 5.41) is 3.23. The number of rotatable bonds is 4. The smallest absolute Gasteiger partial charge is 0.226 e. The average Bonchev–Trinajstić information content (AvgIpc) is 2.65. The maximum absolute atomic E-state index is 5.12. The third kappa shape index (κ3) is 2.98. The lowest BCUT2D eigenvalue weighted by molar-refractivity contribution is 0.397. The first kappa shape index (κ1) is 12.8. The summed E-state index contributed by atoms with van der Waals surface area (Å²) in [5.41, 5.74) is 2.22. The Hall–Kier alpha value is -1.62. The highest BCUT2D eigenvalue weighted by Gasteiger charge is 2.04. The van der Waals surface area contributed by atoms with Crippen LogP contribution in [-0.2, 0) is 6.54 Å². The van der Waals surface area contributed by atoms with Gasteiger partial charge in [-0.25, -0.2) is 4.98 Å². The summed E-state index contributed by atoms with van der Waals surface area (Å²) in [4.78, 5) is 11.2. The molecule has 2 heterocycles. The van der Waals surface area contributed by atoms with E-state index in [1.807, 2.05) is 13.0 Å². The van der Waals surface area contributed by atoms with Crippen molar-refractivity contribution >= 4 is 17.3 Å². The minimum absolute atomic E-state index is 0.587. The van der Waals surface area contributed by atoms with Crippen LogP contribution in [0, 0.1) is 20.8 Å². The molecule has 2 aromatic heterocycles. The maximum Gasteiger partial charge on any atom is 0.226 e. The molecule has 0 spiro atoms. The van der Waals surface area contributed by atoms with Crippen LogP contribution in [0.2, 0.25) is 0 Å². The van der Waals surface area contributed by atoms with Gasteiger partial charge >= 0.3 is 0 Å². The van der Waals surface area contributed by atoms with E-state index >= 15 is 0 Å². The summed E-state index contributed by atoms with van der Waals surface area (Å²) in [6, 6.07) is 4.00. The van der Waals surface area contributed by atoms with Gasteiger partial charge in [-0.15, -0.1) is 11.3 Å². The zero-order valence-corrected chi connectivity index (χ0v) is 11.9. The van der Waals surface area contributed by atoms with Gasteiger partial charge in [0.05, 0.1) is 13.7 Å². The SMILES string of the molecule is COc1cc(C)nc(NCc2cc(C)c(C)s2)n1. The van der Waals surface area contributed by atoms with E-state index in [0.29, 0.717) is 11.8 Å². The number of anilines is 1. The van der Waals surface area contributed by atoms with Crippen LogP contribution < -0.4 is 10.1 Å². The van der Waals surface area contributed by atoms with Crippen molar-refractivity contribution in [1.29, 1.82) is 0 Å². The Morgan fingerprint density at radius 1 is 1.22 bits per heavy atom. The molecular weight excluding hydrogens is 246 g/mol. The molecule has 0 saturated heterocycles. The molecule has 0 saturated carbocycles. The number of aromatic nitrogens is 2. The molecule has 4 nitrogen and oxygen atoms in total. The Morgan fingerprint density at radius 2 is 2.00 bits per heavy atom. The predicted molar refractivity (Wildman–Crippen MR) is 74.4 cm³/mol. The molecule has 0 unspecified atom stereocenters. The first-order chi connectivity index (χ1) is 8.58. The summed E-state index contributed by atoms with van der Waals surface area (Å²) in [5.74, 6) is 1.19. The molecule has 0 fully saturated rings. The number of nitrogens with zero attached hydrogens (tertiary/aromatic N) is 2. The predicted octanol–water partition coefficient (Wildman–Crippen LogP) is 3.08. The molecule has 2 rings (SSSR count). The minimum Gasteiger partial charge on any atom is -0.481 e. The van der Waals surface area contributed by atoms with Crippen LogP contribution in [0.4, 0.5) is 5.95 Å². The van der Waals surface area contributed by atoms with Gasteiger partial charge < -0.3 is 10.1 Å². The van der Waals surface area contributed by atoms with Crippen molar-refractivity contribution < 1.29 is 4.74 Å². The molecule has 0 aromatic carbocycles. The highest BCUT2D eigenvalue weighted by Crippen LogP contribution is 2.21. The molecule has 2 aromatic rings. The maximum atomic E-state index is 5.12. The van der Waals surface area contributed by atoms with Gasteiger partial charge in [0.25, 0.3) is 0 Å². The molecule has 0 aliphatic heterocycles. The number of hydrogen-bond acceptors (Lipinski definition) is 5. The lowest BCUT2D eigenvalue weighted by Gasteiger charge is -2.06. The average molecular weight is 263 g/mol. The zero-order chi connectivity index (χ0) is 13.1. The number of ether oxygens (including phenoxy) is 1. The molecule has 96 valence electrons. The normalized spacial score (nSPS) is 10.4. The van der Waals surface area contributed by atoms with Gasteiger partial charge in [-0.3, -0.25) is 0 Å². The standard InChI is InChI=1S/C13H17N3OS/c1-8-5-11(18-10(8)3)7-14-13-15-9(2)6-12(16-13)17-4/h5-6H,7H2,1-4H3,(H,14,15,16). The molecule has 18 heavy (non-hydrogen) atoms. The van der Waals surface area contributed by atoms with E-state index in [1.165, 1.54) is 15.3 Å². The Kier molecular flexibility index (Phi) is 3.81. The monoisotopic (exact) mass is 263 g/mol. The van der Waals surface area contributed by atoms with Gasteiger partial charge in [0.2, 0.25) is 11.8 Å². The van der Waals surface area contributed by atoms with Crippen LogP contribution in [0.25, 0.3) is 0 Å². The molecule has 0 radical (unpaired) electrons. The van der Waals surface area contributed by atoms with Crippen LogP contribution in [0.5, 0.6) is 5.88 Å². The van der Waals surface area contributed by atoms with Crippen LogP contribution in [0.15, 0.2) is 12.1 Å². The first-order valence-corrected chi connectivity index (χ1v) is 6.59. The lowest BCUT2D eigenvalue weighted by atomic mass is 10.3. The summed E-state index contributed by atoms with van der Waals surface area (Å²) in [6.07, 6.45) is 0. The fourth-order valence-corrected chi connectivity index (χ4v) is 2.62. The van der Waals surface area contributed by atoms with Crippen molar-refractivity contribution in [3.8, 4) is 5.88 Å². The van der Waals surface area contributed by atoms with E-state index in [4.69, 9.17) is 4.74 Å². The van der Waals surface area contributed by atoms with E-state index in [1.54, 1.807) is 18.4 Å². The van der Waals surface area contributed by atoms with Crippen molar-refractivity contribution in [3.05, 3.63) is 33.1 Å². The molecule has 0 atom stereocenters. The highest BCUT2D eigenvalue weighted by atomic mass is 32.1. The second kappa shape index (κ2) is 5.35. The Morgan fingerprint density at radius 3 is 2.61 bits per heavy atom. The van der Waals surface area contributed by atoms with E-state index in [2.05, 4.69) is 35.2 Å². The quantitative estimate of drug-likeness (QED) is 0.921. The van der Waals surface area contributed by atoms with Gasteiger partial charge in [0.1, 0.15) is 0 Å². The van der Waals surface area contributed by atoms with E-state index < -0.39 is 0 Å². The second-order valence-electron chi connectivity index (χ2n) is 4.18. The van der Waals surface area contributed by atoms with Crippen molar-refractivity contribution in [2.45, 2.75) is 27.3 Å². The molecule has 0 bridgehead atoms. The highest BCUT2D eigenvalue weighted by molar-refractivity contribution is 7.12. The largest absolute Gasteiger partial charge is 0.481 e. The zero-order valence-electron chi connectivity index (χ0n) is 11.1. The molecule has 0 aliphatic rings. The summed E-state index contributed by atoms with van der Waals surface area (Å²) >= 11 is 1.80. The van der Waals surface area contributed by atoms with Crippen molar-refractivity contribution in [2.75, 3.05) is 12.4 Å². The molecule has 5 heteroatoms. The van der Waals surface area contributed by atoms with Crippen molar-refractivity contribution in [3.63, 3.8) is 0 Å². The first-order valence-electron chi connectivity index (χ1n) is 5.78. The number of methoxy groups -OCH3 is 1. The summed E-state index contributed by atoms with van der Waals surface area (Å²) in [7, 11) is 1.61. The third-order valence-corrected chi connectivity index (χ3v) is 3.83. The molecule has 1 N–H and O–H groups in total. The molecule has 0 amide bonds. The molecular formula is C13H17N3OS. The Bertz CT molecular complexity index is 532. The fourth-order valence-electron chi connectivity index (χ4n) is 1.63. The van der Waals surface area contributed by atoms with E-state index in [0.717, 1.165) is 12.2 Å². The van der Waals surface area contributed by atoms with Crippen LogP contribution >= 0.6 is 11.3 Å². The van der Waals surface area contributed by atoms with Gasteiger partial charge in [-0.1, -0.05) is 0 Å². The van der Waals surface area contributed by atoms with Crippen LogP contribution in [-0.4, -0.2) is 17.1 Å². The summed E-state index contributed by atoms with van der Waals surface area (Å²) < 4.78 is 5.12. The van der Waals surface area contributed by atoms with Crippen molar-refractivity contribution in [1.82, 2.24) is 9.97 Å². The number of thiophene rings is 1. The van der Waals surface area contributed by atoms with E-state index in [9.17, 15) is 0 Å². The number of hydrogen-bond donors (Lipinski definition) is 1. The topological polar surface area (TPSA) is 47.0 Å². The van der Waals surface area contributed by atoms with Crippen LogP contribution in [0.3, 0.4) is 0 Å². The second-order valence-corrected chi connectivity index (χ2v) is 5.52. The lowest BCUT2D eigenvalue weighted by Crippen LogP contribution is -2.04. The number of nitrogens with one attached hydrogen (secondary N) is 1. The third-order valence-electron chi connectivity index (χ3n) is 2.68. The Labute approximate surface area is 111 Å². The molecule has 0 aliphatic carbocycles. The Balaban J connectivity index is 2.07. The summed E-state index contributed by atoms with van der Waals surface area (Å²) in [6.45, 7) is 6.93. The van der Waals surface area contributed by atoms with Crippen molar-refractivity contribution in [2.24, 2.45) is 0 Å². The van der Waals surface area contributed by atoms with E-state index in [-0.39, 0.29) is 0 Å². The van der Waals surface area contributed by atoms with Gasteiger partial charge in [0, 0.05) is 21.5 Å². The number of aryl methyl sites for hydroxylation is 3. The van der Waals surface area contributed by atoms with Gasteiger partial charge in [-0.05, 0) is 32.4 Å².